The van der Waals surface area contributed by atoms with Crippen molar-refractivity contribution in [3.05, 3.63) is 82.0 Å². The molecule has 1 N–H and O–H groups in total. The van der Waals surface area contributed by atoms with Crippen molar-refractivity contribution >= 4 is 27.9 Å². The third-order valence-corrected chi connectivity index (χ3v) is 5.30. The highest BCUT2D eigenvalue weighted by Crippen LogP contribution is 2.19. The van der Waals surface area contributed by atoms with E-state index in [1.54, 1.807) is 23.5 Å². The van der Waals surface area contributed by atoms with E-state index < -0.39 is 0 Å². The predicted octanol–water partition coefficient (Wildman–Crippen LogP) is 4.95. The topological polar surface area (TPSA) is 33.1 Å². The quantitative estimate of drug-likeness (QED) is 0.539. The number of halogens is 1. The van der Waals surface area contributed by atoms with Gasteiger partial charge in [-0.05, 0) is 49.2 Å². The molecule has 5 heteroatoms. The summed E-state index contributed by atoms with van der Waals surface area (Å²) in [5.41, 5.74) is 4.43. The van der Waals surface area contributed by atoms with E-state index in [0.717, 1.165) is 23.5 Å². The van der Waals surface area contributed by atoms with Crippen molar-refractivity contribution in [3.63, 3.8) is 0 Å². The summed E-state index contributed by atoms with van der Waals surface area (Å²) < 4.78 is 15.3. The van der Waals surface area contributed by atoms with Gasteiger partial charge in [-0.3, -0.25) is 0 Å². The van der Waals surface area contributed by atoms with Crippen LogP contribution in [0.2, 0.25) is 0 Å². The lowest BCUT2D eigenvalue weighted by Crippen LogP contribution is -2.17. The molecule has 4 rings (SSSR count). The Hall–Kier alpha value is -2.66. The molecular weight excluding hydrogens is 333 g/mol. The van der Waals surface area contributed by atoms with Crippen LogP contribution in [-0.2, 0) is 13.0 Å². The number of thiazole rings is 1. The van der Waals surface area contributed by atoms with Gasteiger partial charge >= 0.3 is 0 Å². The minimum absolute atomic E-state index is 0.242. The average Bonchev–Trinajstić information content (AvgIpc) is 3.19. The Morgan fingerprint density at radius 1 is 1.12 bits per heavy atom. The van der Waals surface area contributed by atoms with E-state index >= 15 is 0 Å². The molecule has 0 aliphatic heterocycles. The number of H-pyrrole nitrogens is 1. The average molecular weight is 351 g/mol. The first-order valence-electron chi connectivity index (χ1n) is 8.21. The number of nitrogens with zero attached hydrogens (tertiary/aromatic N) is 2. The minimum Gasteiger partial charge on any atom is -0.361 e. The Kier molecular flexibility index (Phi) is 4.24. The molecule has 0 radical (unpaired) electrons. The number of nitrogens with one attached hydrogen (secondary N) is 1. The Labute approximate surface area is 149 Å². The molecule has 0 fully saturated rings. The van der Waals surface area contributed by atoms with Gasteiger partial charge in [0, 0.05) is 34.7 Å². The molecule has 2 aromatic heterocycles. The molecule has 0 unspecified atom stereocenters. The highest BCUT2D eigenvalue weighted by Gasteiger charge is 2.06. The van der Waals surface area contributed by atoms with Gasteiger partial charge in [0.15, 0.2) is 4.80 Å². The zero-order valence-corrected chi connectivity index (χ0v) is 14.7. The number of aromatic nitrogens is 2. The second-order valence-electron chi connectivity index (χ2n) is 6.01. The summed E-state index contributed by atoms with van der Waals surface area (Å²) in [5.74, 6) is -0.242. The molecule has 0 aliphatic carbocycles. The fourth-order valence-corrected chi connectivity index (χ4v) is 3.90. The first kappa shape index (κ1) is 15.8. The standard InChI is InChI=1S/C20H18FN3S/c1-14-13-25-20(23-17-8-6-16(21)7-9-17)24(14)11-10-15-12-22-19-5-3-2-4-18(15)19/h2-9,12-13,22H,10-11H2,1H3. The third kappa shape index (κ3) is 3.28. The molecule has 2 aromatic carbocycles. The summed E-state index contributed by atoms with van der Waals surface area (Å²) in [7, 11) is 0. The molecule has 3 nitrogen and oxygen atoms in total. The smallest absolute Gasteiger partial charge is 0.190 e. The maximum absolute atomic E-state index is 13.1. The molecule has 0 atom stereocenters. The van der Waals surface area contributed by atoms with Crippen LogP contribution in [0.5, 0.6) is 0 Å². The number of benzene rings is 2. The second-order valence-corrected chi connectivity index (χ2v) is 6.85. The van der Waals surface area contributed by atoms with Crippen LogP contribution in [0.3, 0.4) is 0 Å². The van der Waals surface area contributed by atoms with E-state index in [2.05, 4.69) is 51.2 Å². The largest absolute Gasteiger partial charge is 0.361 e. The number of rotatable bonds is 4. The lowest BCUT2D eigenvalue weighted by Gasteiger charge is -2.06. The number of hydrogen-bond donors (Lipinski definition) is 1. The fraction of sp³-hybridized carbons (Fsp3) is 0.150. The Bertz CT molecular complexity index is 1070. The number of aromatic amines is 1. The van der Waals surface area contributed by atoms with Crippen LogP contribution >= 0.6 is 11.3 Å². The molecule has 0 saturated heterocycles. The van der Waals surface area contributed by atoms with Gasteiger partial charge in [0.05, 0.1) is 5.69 Å². The summed E-state index contributed by atoms with van der Waals surface area (Å²) in [6.45, 7) is 2.95. The van der Waals surface area contributed by atoms with E-state index in [1.807, 2.05) is 6.07 Å². The van der Waals surface area contributed by atoms with Crippen LogP contribution < -0.4 is 4.80 Å². The number of hydrogen-bond acceptors (Lipinski definition) is 2. The molecule has 2 heterocycles. The molecule has 126 valence electrons. The number of para-hydroxylation sites is 1. The van der Waals surface area contributed by atoms with Crippen molar-refractivity contribution in [3.8, 4) is 0 Å². The lowest BCUT2D eigenvalue weighted by atomic mass is 10.1. The summed E-state index contributed by atoms with van der Waals surface area (Å²) in [6.07, 6.45) is 3.02. The van der Waals surface area contributed by atoms with Gasteiger partial charge in [-0.15, -0.1) is 11.3 Å². The second kappa shape index (κ2) is 6.69. The van der Waals surface area contributed by atoms with E-state index in [0.29, 0.717) is 0 Å². The van der Waals surface area contributed by atoms with E-state index in [-0.39, 0.29) is 5.82 Å². The first-order chi connectivity index (χ1) is 12.2. The summed E-state index contributed by atoms with van der Waals surface area (Å²) in [4.78, 5) is 8.93. The zero-order chi connectivity index (χ0) is 17.2. The van der Waals surface area contributed by atoms with Gasteiger partial charge in [-0.25, -0.2) is 9.38 Å². The van der Waals surface area contributed by atoms with E-state index in [1.165, 1.54) is 34.3 Å². The molecular formula is C20H18FN3S. The molecule has 0 aliphatic rings. The number of fused-ring (bicyclic) bond motifs is 1. The predicted molar refractivity (Wildman–Crippen MR) is 101 cm³/mol. The van der Waals surface area contributed by atoms with Crippen LogP contribution in [0.15, 0.2) is 65.1 Å². The van der Waals surface area contributed by atoms with Crippen LogP contribution in [-0.4, -0.2) is 9.55 Å². The van der Waals surface area contributed by atoms with Crippen molar-refractivity contribution < 1.29 is 4.39 Å². The van der Waals surface area contributed by atoms with Crippen molar-refractivity contribution in [2.24, 2.45) is 4.99 Å². The Morgan fingerprint density at radius 3 is 2.76 bits per heavy atom. The fourth-order valence-electron chi connectivity index (χ4n) is 2.97. The Morgan fingerprint density at radius 2 is 1.92 bits per heavy atom. The highest BCUT2D eigenvalue weighted by molar-refractivity contribution is 7.07. The van der Waals surface area contributed by atoms with E-state index in [9.17, 15) is 4.39 Å². The molecule has 0 saturated carbocycles. The van der Waals surface area contributed by atoms with Crippen molar-refractivity contribution in [2.75, 3.05) is 0 Å². The van der Waals surface area contributed by atoms with Crippen molar-refractivity contribution in [1.29, 1.82) is 0 Å². The maximum Gasteiger partial charge on any atom is 0.190 e. The van der Waals surface area contributed by atoms with Crippen LogP contribution in [0, 0.1) is 12.7 Å². The molecule has 0 bridgehead atoms. The van der Waals surface area contributed by atoms with Gasteiger partial charge in [0.1, 0.15) is 5.82 Å². The molecule has 25 heavy (non-hydrogen) atoms. The third-order valence-electron chi connectivity index (χ3n) is 4.32. The monoisotopic (exact) mass is 351 g/mol. The summed E-state index contributed by atoms with van der Waals surface area (Å²) >= 11 is 1.61. The summed E-state index contributed by atoms with van der Waals surface area (Å²) in [5, 5.41) is 3.38. The zero-order valence-electron chi connectivity index (χ0n) is 13.9. The highest BCUT2D eigenvalue weighted by atomic mass is 32.1. The van der Waals surface area contributed by atoms with E-state index in [4.69, 9.17) is 0 Å². The molecule has 0 amide bonds. The Balaban J connectivity index is 1.63. The summed E-state index contributed by atoms with van der Waals surface area (Å²) in [6, 6.07) is 14.6. The maximum atomic E-state index is 13.1. The van der Waals surface area contributed by atoms with Crippen LogP contribution in [0.25, 0.3) is 10.9 Å². The van der Waals surface area contributed by atoms with Gasteiger partial charge in [0.2, 0.25) is 0 Å². The molecule has 4 aromatic rings. The van der Waals surface area contributed by atoms with Gasteiger partial charge in [-0.1, -0.05) is 18.2 Å². The first-order valence-corrected chi connectivity index (χ1v) is 9.09. The SMILES string of the molecule is Cc1csc(=Nc2ccc(F)cc2)n1CCc1c[nH]c2ccccc12. The van der Waals surface area contributed by atoms with Gasteiger partial charge in [-0.2, -0.15) is 0 Å². The van der Waals surface area contributed by atoms with Crippen LogP contribution in [0.1, 0.15) is 11.3 Å². The normalized spacial score (nSPS) is 12.2. The molecule has 0 spiro atoms. The van der Waals surface area contributed by atoms with Crippen LogP contribution in [0.4, 0.5) is 10.1 Å². The lowest BCUT2D eigenvalue weighted by molar-refractivity contribution is 0.627. The van der Waals surface area contributed by atoms with Gasteiger partial charge < -0.3 is 9.55 Å². The van der Waals surface area contributed by atoms with Crippen molar-refractivity contribution in [1.82, 2.24) is 9.55 Å². The van der Waals surface area contributed by atoms with Crippen molar-refractivity contribution in [2.45, 2.75) is 19.9 Å². The minimum atomic E-state index is -0.242. The van der Waals surface area contributed by atoms with Gasteiger partial charge in [0.25, 0.3) is 0 Å². The number of aryl methyl sites for hydroxylation is 2.